The Morgan fingerprint density at radius 2 is 2.05 bits per heavy atom. The van der Waals surface area contributed by atoms with E-state index in [1.807, 2.05) is 31.2 Å². The van der Waals surface area contributed by atoms with Gasteiger partial charge in [0.2, 0.25) is 0 Å². The SMILES string of the molecule is CCN1C(=O)C(=C2SC(=S)NC2=O)c2ccccc21. The molecule has 96 valence electrons. The van der Waals surface area contributed by atoms with Crippen molar-refractivity contribution in [2.45, 2.75) is 6.92 Å². The maximum absolute atomic E-state index is 12.5. The molecule has 2 amide bonds. The van der Waals surface area contributed by atoms with Crippen LogP contribution in [0.3, 0.4) is 0 Å². The number of carbonyl (C=O) groups excluding carboxylic acids is 2. The first-order valence-electron chi connectivity index (χ1n) is 5.82. The average Bonchev–Trinajstić information content (AvgIpc) is 2.85. The number of thiocarbonyl (C=S) groups is 1. The molecule has 0 aliphatic carbocycles. The quantitative estimate of drug-likeness (QED) is 0.634. The number of rotatable bonds is 1. The fraction of sp³-hybridized carbons (Fsp3) is 0.154. The first-order chi connectivity index (χ1) is 9.13. The average molecular weight is 290 g/mol. The predicted molar refractivity (Wildman–Crippen MR) is 79.7 cm³/mol. The Morgan fingerprint density at radius 3 is 2.68 bits per heavy atom. The van der Waals surface area contributed by atoms with Gasteiger partial charge in [-0.3, -0.25) is 9.59 Å². The summed E-state index contributed by atoms with van der Waals surface area (Å²) in [6.45, 7) is 2.48. The molecule has 2 aliphatic rings. The number of thioether (sulfide) groups is 1. The fourth-order valence-electron chi connectivity index (χ4n) is 2.29. The number of hydrogen-bond acceptors (Lipinski definition) is 4. The second-order valence-corrected chi connectivity index (χ2v) is 5.80. The molecule has 0 aromatic heterocycles. The van der Waals surface area contributed by atoms with Gasteiger partial charge < -0.3 is 10.2 Å². The summed E-state index contributed by atoms with van der Waals surface area (Å²) >= 11 is 6.13. The van der Waals surface area contributed by atoms with Crippen LogP contribution in [0.1, 0.15) is 12.5 Å². The van der Waals surface area contributed by atoms with E-state index in [1.165, 1.54) is 0 Å². The van der Waals surface area contributed by atoms with E-state index in [0.717, 1.165) is 23.0 Å². The van der Waals surface area contributed by atoms with Crippen molar-refractivity contribution in [2.75, 3.05) is 11.4 Å². The molecule has 1 aromatic carbocycles. The highest BCUT2D eigenvalue weighted by Crippen LogP contribution is 2.42. The lowest BCUT2D eigenvalue weighted by atomic mass is 10.1. The normalized spacial score (nSPS) is 21.9. The summed E-state index contributed by atoms with van der Waals surface area (Å²) in [5, 5.41) is 2.55. The van der Waals surface area contributed by atoms with E-state index < -0.39 is 0 Å². The molecule has 1 saturated heterocycles. The molecule has 0 bridgehead atoms. The van der Waals surface area contributed by atoms with E-state index in [0.29, 0.717) is 21.3 Å². The first-order valence-corrected chi connectivity index (χ1v) is 7.04. The molecule has 6 heteroatoms. The molecule has 2 heterocycles. The molecule has 1 aromatic rings. The van der Waals surface area contributed by atoms with Crippen molar-refractivity contribution in [1.29, 1.82) is 0 Å². The van der Waals surface area contributed by atoms with Gasteiger partial charge in [0.05, 0.1) is 16.2 Å². The number of hydrogen-bond donors (Lipinski definition) is 1. The summed E-state index contributed by atoms with van der Waals surface area (Å²) in [5.74, 6) is -0.419. The van der Waals surface area contributed by atoms with Gasteiger partial charge in [-0.1, -0.05) is 42.2 Å². The summed E-state index contributed by atoms with van der Waals surface area (Å²) in [5.41, 5.74) is 2.11. The van der Waals surface area contributed by atoms with Crippen molar-refractivity contribution in [1.82, 2.24) is 5.32 Å². The molecule has 2 aliphatic heterocycles. The van der Waals surface area contributed by atoms with Gasteiger partial charge in [-0.15, -0.1) is 0 Å². The van der Waals surface area contributed by atoms with Crippen LogP contribution >= 0.6 is 24.0 Å². The van der Waals surface area contributed by atoms with Gasteiger partial charge in [-0.2, -0.15) is 0 Å². The minimum absolute atomic E-state index is 0.133. The van der Waals surface area contributed by atoms with Crippen molar-refractivity contribution in [3.63, 3.8) is 0 Å². The number of benzene rings is 1. The third-order valence-electron chi connectivity index (χ3n) is 3.08. The Balaban J connectivity index is 2.23. The third kappa shape index (κ3) is 1.79. The number of para-hydroxylation sites is 1. The molecule has 3 rings (SSSR count). The molecule has 0 saturated carbocycles. The molecule has 4 nitrogen and oxygen atoms in total. The lowest BCUT2D eigenvalue weighted by Crippen LogP contribution is -2.26. The lowest BCUT2D eigenvalue weighted by molar-refractivity contribution is -0.116. The zero-order valence-electron chi connectivity index (χ0n) is 10.1. The summed E-state index contributed by atoms with van der Waals surface area (Å²) < 4.78 is 0.396. The smallest absolute Gasteiger partial charge is 0.264 e. The summed E-state index contributed by atoms with van der Waals surface area (Å²) in [7, 11) is 0. The van der Waals surface area contributed by atoms with Crippen LogP contribution in [0, 0.1) is 0 Å². The van der Waals surface area contributed by atoms with E-state index in [2.05, 4.69) is 5.32 Å². The van der Waals surface area contributed by atoms with Gasteiger partial charge in [-0.05, 0) is 13.0 Å². The van der Waals surface area contributed by atoms with Crippen LogP contribution in [0.5, 0.6) is 0 Å². The number of nitrogens with one attached hydrogen (secondary N) is 1. The van der Waals surface area contributed by atoms with Crippen molar-refractivity contribution < 1.29 is 9.59 Å². The Hall–Kier alpha value is -1.66. The van der Waals surface area contributed by atoms with E-state index in [1.54, 1.807) is 4.90 Å². The monoisotopic (exact) mass is 290 g/mol. The maximum Gasteiger partial charge on any atom is 0.264 e. The van der Waals surface area contributed by atoms with Crippen LogP contribution in [0.2, 0.25) is 0 Å². The van der Waals surface area contributed by atoms with Crippen LogP contribution in [-0.2, 0) is 9.59 Å². The maximum atomic E-state index is 12.5. The second-order valence-electron chi connectivity index (χ2n) is 4.11. The van der Waals surface area contributed by atoms with Crippen LogP contribution in [0.15, 0.2) is 29.2 Å². The molecule has 0 unspecified atom stereocenters. The van der Waals surface area contributed by atoms with Crippen molar-refractivity contribution >= 4 is 51.4 Å². The Bertz CT molecular complexity index is 652. The number of likely N-dealkylation sites (N-methyl/N-ethyl adjacent to an activating group) is 1. The molecule has 0 radical (unpaired) electrons. The zero-order chi connectivity index (χ0) is 13.6. The van der Waals surface area contributed by atoms with E-state index in [4.69, 9.17) is 12.2 Å². The van der Waals surface area contributed by atoms with Crippen LogP contribution in [0.4, 0.5) is 5.69 Å². The van der Waals surface area contributed by atoms with Crippen molar-refractivity contribution in [2.24, 2.45) is 0 Å². The van der Waals surface area contributed by atoms with Crippen LogP contribution in [0.25, 0.3) is 5.57 Å². The number of anilines is 1. The highest BCUT2D eigenvalue weighted by Gasteiger charge is 2.38. The standard InChI is InChI=1S/C13H10N2O2S2/c1-2-15-8-6-4-3-5-7(8)9(12(15)17)10-11(16)14-13(18)19-10/h3-6H,2H2,1H3,(H,14,16,18). The van der Waals surface area contributed by atoms with Crippen molar-refractivity contribution in [3.8, 4) is 0 Å². The number of fused-ring (bicyclic) bond motifs is 1. The van der Waals surface area contributed by atoms with Gasteiger partial charge in [-0.25, -0.2) is 0 Å². The minimum Gasteiger partial charge on any atom is -0.308 e. The van der Waals surface area contributed by atoms with Gasteiger partial charge in [0.1, 0.15) is 4.32 Å². The first kappa shape index (κ1) is 12.4. The summed E-state index contributed by atoms with van der Waals surface area (Å²) in [6, 6.07) is 7.50. The topological polar surface area (TPSA) is 49.4 Å². The summed E-state index contributed by atoms with van der Waals surface area (Å²) in [4.78, 5) is 26.4. The molecular weight excluding hydrogens is 280 g/mol. The zero-order valence-corrected chi connectivity index (χ0v) is 11.7. The highest BCUT2D eigenvalue weighted by molar-refractivity contribution is 8.27. The second kappa shape index (κ2) is 4.47. The number of nitrogens with zero attached hydrogens (tertiary/aromatic N) is 1. The third-order valence-corrected chi connectivity index (χ3v) is 4.32. The number of carbonyl (C=O) groups is 2. The van der Waals surface area contributed by atoms with E-state index >= 15 is 0 Å². The highest BCUT2D eigenvalue weighted by atomic mass is 32.2. The van der Waals surface area contributed by atoms with E-state index in [9.17, 15) is 9.59 Å². The molecule has 1 N–H and O–H groups in total. The molecule has 19 heavy (non-hydrogen) atoms. The lowest BCUT2D eigenvalue weighted by Gasteiger charge is -2.13. The Morgan fingerprint density at radius 1 is 1.32 bits per heavy atom. The summed E-state index contributed by atoms with van der Waals surface area (Å²) in [6.07, 6.45) is 0. The Kier molecular flexibility index (Phi) is 2.91. The largest absolute Gasteiger partial charge is 0.308 e. The van der Waals surface area contributed by atoms with E-state index in [-0.39, 0.29) is 11.8 Å². The Labute approximate surface area is 119 Å². The van der Waals surface area contributed by atoms with Gasteiger partial charge in [0.25, 0.3) is 11.8 Å². The van der Waals surface area contributed by atoms with Gasteiger partial charge >= 0.3 is 0 Å². The minimum atomic E-state index is -0.286. The van der Waals surface area contributed by atoms with Gasteiger partial charge in [0, 0.05) is 12.1 Å². The molecule has 0 spiro atoms. The van der Waals surface area contributed by atoms with Crippen LogP contribution < -0.4 is 10.2 Å². The van der Waals surface area contributed by atoms with Crippen molar-refractivity contribution in [3.05, 3.63) is 34.7 Å². The molecular formula is C13H10N2O2S2. The van der Waals surface area contributed by atoms with Crippen LogP contribution in [-0.4, -0.2) is 22.7 Å². The number of amides is 2. The molecule has 0 atom stereocenters. The fourth-order valence-corrected chi connectivity index (χ4v) is 3.41. The predicted octanol–water partition coefficient (Wildman–Crippen LogP) is 1.91. The molecule has 1 fully saturated rings. The van der Waals surface area contributed by atoms with Gasteiger partial charge in [0.15, 0.2) is 0 Å².